The average Bonchev–Trinajstić information content (AvgIpc) is 3.14. The molecule has 1 aliphatic rings. The molecule has 1 saturated carbocycles. The summed E-state index contributed by atoms with van der Waals surface area (Å²) in [7, 11) is 0. The molecule has 1 fully saturated rings. The van der Waals surface area contributed by atoms with E-state index in [1.54, 1.807) is 24.4 Å². The third kappa shape index (κ3) is 3.27. The van der Waals surface area contributed by atoms with Crippen molar-refractivity contribution in [2.45, 2.75) is 37.6 Å². The van der Waals surface area contributed by atoms with Gasteiger partial charge in [0, 0.05) is 18.7 Å². The monoisotopic (exact) mass is 304 g/mol. The first kappa shape index (κ1) is 14.5. The van der Waals surface area contributed by atoms with Gasteiger partial charge in [-0.25, -0.2) is 15.0 Å². The third-order valence-corrected chi connectivity index (χ3v) is 4.75. The van der Waals surface area contributed by atoms with Crippen LogP contribution in [0.1, 0.15) is 32.6 Å². The average molecular weight is 304 g/mol. The molecule has 1 atom stereocenters. The zero-order valence-corrected chi connectivity index (χ0v) is 13.0. The zero-order chi connectivity index (χ0) is 14.7. The van der Waals surface area contributed by atoms with Crippen molar-refractivity contribution in [2.75, 3.05) is 12.4 Å². The van der Waals surface area contributed by atoms with Gasteiger partial charge in [0.15, 0.2) is 5.65 Å². The number of fused-ring (bicyclic) bond motifs is 1. The number of aliphatic hydroxyl groups excluding tert-OH is 1. The summed E-state index contributed by atoms with van der Waals surface area (Å²) in [5.41, 5.74) is 2.98. The molecule has 0 aromatic carbocycles. The molecule has 2 aromatic rings. The molecule has 2 aromatic heterocycles. The minimum Gasteiger partial charge on any atom is -0.396 e. The van der Waals surface area contributed by atoms with E-state index in [0.717, 1.165) is 28.4 Å². The molecule has 0 radical (unpaired) electrons. The summed E-state index contributed by atoms with van der Waals surface area (Å²) in [6.07, 6.45) is 10.1. The third-order valence-electron chi connectivity index (χ3n) is 3.68. The van der Waals surface area contributed by atoms with Gasteiger partial charge >= 0.3 is 0 Å². The Hall–Kier alpha value is -1.40. The van der Waals surface area contributed by atoms with E-state index < -0.39 is 0 Å². The summed E-state index contributed by atoms with van der Waals surface area (Å²) in [4.78, 5) is 13.2. The summed E-state index contributed by atoms with van der Waals surface area (Å²) < 4.78 is 1.94. The highest BCUT2D eigenvalue weighted by atomic mass is 32.2. The SMILES string of the molecule is CCCCCSc1ncnc2c1ncn2C=C1CC1CO. The lowest BCUT2D eigenvalue weighted by atomic mass is 10.3. The van der Waals surface area contributed by atoms with Crippen LogP contribution in [-0.2, 0) is 0 Å². The number of unbranched alkanes of at least 4 members (excludes halogenated alkanes) is 2. The standard InChI is InChI=1S/C15H20N4OS/c1-2-3-4-5-21-15-13-14(16-9-17-15)19(10-18-13)7-11-6-12(11)8-20/h7,9-10,12,20H,2-6,8H2,1H3. The van der Waals surface area contributed by atoms with Crippen molar-refractivity contribution < 1.29 is 5.11 Å². The van der Waals surface area contributed by atoms with Gasteiger partial charge in [-0.3, -0.25) is 4.57 Å². The van der Waals surface area contributed by atoms with E-state index in [1.807, 2.05) is 10.8 Å². The molecule has 1 aliphatic carbocycles. The molecule has 3 rings (SSSR count). The fraction of sp³-hybridized carbons (Fsp3) is 0.533. The zero-order valence-electron chi connectivity index (χ0n) is 12.2. The molecular formula is C15H20N4OS. The maximum atomic E-state index is 9.11. The fourth-order valence-corrected chi connectivity index (χ4v) is 3.24. The van der Waals surface area contributed by atoms with Crippen LogP contribution in [0.5, 0.6) is 0 Å². The number of aliphatic hydroxyl groups is 1. The van der Waals surface area contributed by atoms with Crippen molar-refractivity contribution in [3.8, 4) is 0 Å². The number of hydrogen-bond donors (Lipinski definition) is 1. The van der Waals surface area contributed by atoms with Gasteiger partial charge in [-0.05, 0) is 24.2 Å². The van der Waals surface area contributed by atoms with Gasteiger partial charge in [0.1, 0.15) is 23.2 Å². The van der Waals surface area contributed by atoms with Crippen LogP contribution in [0.25, 0.3) is 17.4 Å². The van der Waals surface area contributed by atoms with Crippen LogP contribution in [0, 0.1) is 5.92 Å². The van der Waals surface area contributed by atoms with Gasteiger partial charge in [-0.2, -0.15) is 0 Å². The molecule has 0 bridgehead atoms. The minimum absolute atomic E-state index is 0.228. The summed E-state index contributed by atoms with van der Waals surface area (Å²) in [5.74, 6) is 1.40. The van der Waals surface area contributed by atoms with Crippen molar-refractivity contribution in [3.63, 3.8) is 0 Å². The molecular weight excluding hydrogens is 284 g/mol. The van der Waals surface area contributed by atoms with Crippen molar-refractivity contribution in [1.82, 2.24) is 19.5 Å². The van der Waals surface area contributed by atoms with Crippen LogP contribution in [0.3, 0.4) is 0 Å². The maximum absolute atomic E-state index is 9.11. The second-order valence-corrected chi connectivity index (χ2v) is 6.43. The smallest absolute Gasteiger partial charge is 0.168 e. The lowest BCUT2D eigenvalue weighted by molar-refractivity contribution is 0.281. The van der Waals surface area contributed by atoms with Gasteiger partial charge in [0.05, 0.1) is 0 Å². The van der Waals surface area contributed by atoms with E-state index in [0.29, 0.717) is 5.92 Å². The minimum atomic E-state index is 0.228. The van der Waals surface area contributed by atoms with Crippen LogP contribution < -0.4 is 0 Å². The molecule has 5 nitrogen and oxygen atoms in total. The highest BCUT2D eigenvalue weighted by Gasteiger charge is 2.28. The molecule has 21 heavy (non-hydrogen) atoms. The molecule has 6 heteroatoms. The van der Waals surface area contributed by atoms with E-state index in [2.05, 4.69) is 21.9 Å². The topological polar surface area (TPSA) is 63.8 Å². The summed E-state index contributed by atoms with van der Waals surface area (Å²) in [6, 6.07) is 0. The first-order valence-electron chi connectivity index (χ1n) is 7.45. The molecule has 0 aliphatic heterocycles. The van der Waals surface area contributed by atoms with Crippen LogP contribution in [-0.4, -0.2) is 37.0 Å². The highest BCUT2D eigenvalue weighted by molar-refractivity contribution is 7.99. The van der Waals surface area contributed by atoms with Crippen molar-refractivity contribution >= 4 is 29.1 Å². The molecule has 0 saturated heterocycles. The van der Waals surface area contributed by atoms with Crippen molar-refractivity contribution in [1.29, 1.82) is 0 Å². The van der Waals surface area contributed by atoms with Gasteiger partial charge in [0.2, 0.25) is 0 Å². The number of rotatable bonds is 7. The Kier molecular flexibility index (Phi) is 4.55. The molecule has 0 amide bonds. The van der Waals surface area contributed by atoms with Crippen LogP contribution in [0.2, 0.25) is 0 Å². The van der Waals surface area contributed by atoms with Gasteiger partial charge in [-0.15, -0.1) is 11.8 Å². The largest absolute Gasteiger partial charge is 0.396 e. The quantitative estimate of drug-likeness (QED) is 0.484. The van der Waals surface area contributed by atoms with E-state index in [1.165, 1.54) is 24.8 Å². The Morgan fingerprint density at radius 1 is 1.38 bits per heavy atom. The Morgan fingerprint density at radius 2 is 2.29 bits per heavy atom. The van der Waals surface area contributed by atoms with Gasteiger partial charge in [0.25, 0.3) is 0 Å². The molecule has 1 N–H and O–H groups in total. The molecule has 2 heterocycles. The number of aromatic nitrogens is 4. The Morgan fingerprint density at radius 3 is 3.05 bits per heavy atom. The lowest BCUT2D eigenvalue weighted by Crippen LogP contribution is -1.91. The second kappa shape index (κ2) is 6.58. The predicted octanol–water partition coefficient (Wildman–Crippen LogP) is 2.96. The molecule has 1 unspecified atom stereocenters. The van der Waals surface area contributed by atoms with E-state index in [4.69, 9.17) is 5.11 Å². The van der Waals surface area contributed by atoms with E-state index in [-0.39, 0.29) is 6.61 Å². The first-order chi connectivity index (χ1) is 10.3. The Balaban J connectivity index is 1.78. The first-order valence-corrected chi connectivity index (χ1v) is 8.43. The second-order valence-electron chi connectivity index (χ2n) is 5.35. The fourth-order valence-electron chi connectivity index (χ4n) is 2.30. The van der Waals surface area contributed by atoms with Crippen LogP contribution >= 0.6 is 11.8 Å². The maximum Gasteiger partial charge on any atom is 0.168 e. The van der Waals surface area contributed by atoms with Crippen LogP contribution in [0.4, 0.5) is 0 Å². The van der Waals surface area contributed by atoms with Crippen LogP contribution in [0.15, 0.2) is 23.3 Å². The number of thioether (sulfide) groups is 1. The van der Waals surface area contributed by atoms with Crippen molar-refractivity contribution in [2.24, 2.45) is 5.92 Å². The normalized spacial score (nSPS) is 19.5. The number of imidazole rings is 1. The number of nitrogens with zero attached hydrogens (tertiary/aromatic N) is 4. The number of hydrogen-bond acceptors (Lipinski definition) is 5. The predicted molar refractivity (Wildman–Crippen MR) is 85.0 cm³/mol. The Bertz CT molecular complexity index is 652. The lowest BCUT2D eigenvalue weighted by Gasteiger charge is -2.01. The summed E-state index contributed by atoms with van der Waals surface area (Å²) in [5, 5.41) is 10.1. The van der Waals surface area contributed by atoms with Crippen molar-refractivity contribution in [3.05, 3.63) is 18.2 Å². The Labute approximate surface area is 128 Å². The van der Waals surface area contributed by atoms with Gasteiger partial charge in [-0.1, -0.05) is 19.8 Å². The van der Waals surface area contributed by atoms with Gasteiger partial charge < -0.3 is 5.11 Å². The van der Waals surface area contributed by atoms with E-state index in [9.17, 15) is 0 Å². The van der Waals surface area contributed by atoms with E-state index >= 15 is 0 Å². The summed E-state index contributed by atoms with van der Waals surface area (Å²) >= 11 is 1.76. The summed E-state index contributed by atoms with van der Waals surface area (Å²) in [6.45, 7) is 2.44. The molecule has 0 spiro atoms. The molecule has 112 valence electrons. The highest BCUT2D eigenvalue weighted by Crippen LogP contribution is 2.38.